The molecule has 0 atom stereocenters. The summed E-state index contributed by atoms with van der Waals surface area (Å²) in [5.41, 5.74) is 1.12. The summed E-state index contributed by atoms with van der Waals surface area (Å²) in [7, 11) is 0. The third-order valence-corrected chi connectivity index (χ3v) is 1.30. The second-order valence-corrected chi connectivity index (χ2v) is 1.89. The molecule has 2 heterocycles. The Kier molecular flexibility index (Phi) is 0.828. The van der Waals surface area contributed by atoms with E-state index in [1.54, 1.807) is 12.6 Å². The lowest BCUT2D eigenvalue weighted by atomic mass is 10.3. The highest BCUT2D eigenvalue weighted by molar-refractivity contribution is 5.76. The molecule has 46 valence electrons. The molecule has 1 aliphatic rings. The van der Waals surface area contributed by atoms with Crippen molar-refractivity contribution in [1.82, 2.24) is 0 Å². The Labute approximate surface area is 52.4 Å². The van der Waals surface area contributed by atoms with Crippen LogP contribution in [0.3, 0.4) is 0 Å². The molecule has 0 aliphatic carbocycles. The van der Waals surface area contributed by atoms with Crippen LogP contribution in [-0.2, 0) is 6.54 Å². The van der Waals surface area contributed by atoms with Gasteiger partial charge >= 0.3 is 0 Å². The predicted molar refractivity (Wildman–Crippen MR) is 34.5 cm³/mol. The molecule has 2 rings (SSSR count). The molecule has 0 bridgehead atoms. The summed E-state index contributed by atoms with van der Waals surface area (Å²) in [6, 6.07) is 1.92. The van der Waals surface area contributed by atoms with Crippen LogP contribution in [0.2, 0.25) is 0 Å². The van der Waals surface area contributed by atoms with E-state index in [1.807, 2.05) is 6.07 Å². The summed E-state index contributed by atoms with van der Waals surface area (Å²) in [5, 5.41) is 2.88. The van der Waals surface area contributed by atoms with E-state index in [4.69, 9.17) is 4.42 Å². The maximum atomic E-state index is 5.05. The molecule has 0 radical (unpaired) electrons. The van der Waals surface area contributed by atoms with Gasteiger partial charge in [-0.3, -0.25) is 4.99 Å². The number of hydrogen-bond donors (Lipinski definition) is 1. The van der Waals surface area contributed by atoms with Gasteiger partial charge < -0.3 is 9.73 Å². The van der Waals surface area contributed by atoms with E-state index in [9.17, 15) is 0 Å². The van der Waals surface area contributed by atoms with Crippen LogP contribution in [-0.4, -0.2) is 6.34 Å². The van der Waals surface area contributed by atoms with E-state index in [2.05, 4.69) is 10.3 Å². The maximum absolute atomic E-state index is 5.05. The molecule has 1 N–H and O–H groups in total. The summed E-state index contributed by atoms with van der Waals surface area (Å²) in [5.74, 6) is 0.824. The monoisotopic (exact) mass is 122 g/mol. The Morgan fingerprint density at radius 1 is 1.67 bits per heavy atom. The van der Waals surface area contributed by atoms with Gasteiger partial charge in [-0.1, -0.05) is 0 Å². The van der Waals surface area contributed by atoms with Crippen LogP contribution in [0.4, 0.5) is 5.88 Å². The highest BCUT2D eigenvalue weighted by Crippen LogP contribution is 2.18. The van der Waals surface area contributed by atoms with Crippen LogP contribution in [0.1, 0.15) is 5.56 Å². The zero-order valence-corrected chi connectivity index (χ0v) is 4.79. The summed E-state index contributed by atoms with van der Waals surface area (Å²) in [4.78, 5) is 3.99. The number of anilines is 1. The molecule has 0 spiro atoms. The third kappa shape index (κ3) is 0.614. The topological polar surface area (TPSA) is 37.5 Å². The summed E-state index contributed by atoms with van der Waals surface area (Å²) >= 11 is 0. The second kappa shape index (κ2) is 1.62. The van der Waals surface area contributed by atoms with Crippen LogP contribution >= 0.6 is 0 Å². The minimum Gasteiger partial charge on any atom is -0.448 e. The van der Waals surface area contributed by atoms with Crippen LogP contribution < -0.4 is 5.32 Å². The third-order valence-electron chi connectivity index (χ3n) is 1.30. The largest absolute Gasteiger partial charge is 0.448 e. The van der Waals surface area contributed by atoms with Crippen molar-refractivity contribution in [3.63, 3.8) is 0 Å². The van der Waals surface area contributed by atoms with Gasteiger partial charge in [-0.15, -0.1) is 0 Å². The van der Waals surface area contributed by atoms with Crippen molar-refractivity contribution in [1.29, 1.82) is 0 Å². The number of rotatable bonds is 0. The normalized spacial score (nSPS) is 14.7. The number of hydrogen-bond acceptors (Lipinski definition) is 3. The molecule has 1 aliphatic heterocycles. The van der Waals surface area contributed by atoms with Gasteiger partial charge in [0.25, 0.3) is 0 Å². The molecule has 0 unspecified atom stereocenters. The standard InChI is InChI=1S/C6H6N2O/c1-2-9-6-5(1)3-7-4-8-6/h1-2,4H,3H2,(H,7,8). The van der Waals surface area contributed by atoms with E-state index in [1.165, 1.54) is 0 Å². The lowest BCUT2D eigenvalue weighted by Crippen LogP contribution is -2.01. The fourth-order valence-electron chi connectivity index (χ4n) is 0.835. The van der Waals surface area contributed by atoms with Gasteiger partial charge in [0.05, 0.1) is 19.1 Å². The van der Waals surface area contributed by atoms with Gasteiger partial charge in [-0.05, 0) is 6.07 Å². The summed E-state index contributed by atoms with van der Waals surface area (Å²) in [6.45, 7) is 0.735. The lowest BCUT2D eigenvalue weighted by molar-refractivity contribution is 0.583. The van der Waals surface area contributed by atoms with E-state index < -0.39 is 0 Å². The zero-order valence-electron chi connectivity index (χ0n) is 4.79. The second-order valence-electron chi connectivity index (χ2n) is 1.89. The Hall–Kier alpha value is -1.25. The Bertz CT molecular complexity index is 216. The molecule has 1 aromatic rings. The Morgan fingerprint density at radius 2 is 2.67 bits per heavy atom. The Balaban J connectivity index is 2.46. The minimum atomic E-state index is 0.735. The van der Waals surface area contributed by atoms with Gasteiger partial charge in [0.15, 0.2) is 0 Å². The van der Waals surface area contributed by atoms with Crippen LogP contribution in [0, 0.1) is 0 Å². The van der Waals surface area contributed by atoms with E-state index in [0.29, 0.717) is 0 Å². The molecule has 0 amide bonds. The van der Waals surface area contributed by atoms with Gasteiger partial charge in [-0.25, -0.2) is 0 Å². The van der Waals surface area contributed by atoms with Crippen molar-refractivity contribution >= 4 is 12.2 Å². The lowest BCUT2D eigenvalue weighted by Gasteiger charge is -2.02. The molecule has 1 aromatic heterocycles. The average molecular weight is 122 g/mol. The Morgan fingerprint density at radius 3 is 3.56 bits per heavy atom. The predicted octanol–water partition coefficient (Wildman–Crippen LogP) is 1.23. The van der Waals surface area contributed by atoms with Crippen molar-refractivity contribution in [2.45, 2.75) is 6.54 Å². The molecule has 3 heteroatoms. The van der Waals surface area contributed by atoms with Crippen molar-refractivity contribution < 1.29 is 4.42 Å². The molecular formula is C6H6N2O. The first kappa shape index (κ1) is 4.61. The van der Waals surface area contributed by atoms with E-state index in [-0.39, 0.29) is 0 Å². The molecule has 0 saturated heterocycles. The first-order valence-electron chi connectivity index (χ1n) is 2.78. The minimum absolute atomic E-state index is 0.735. The van der Waals surface area contributed by atoms with Crippen molar-refractivity contribution in [3.05, 3.63) is 17.9 Å². The average Bonchev–Trinajstić information content (AvgIpc) is 2.33. The fraction of sp³-hybridized carbons (Fsp3) is 0.167. The van der Waals surface area contributed by atoms with Crippen LogP contribution in [0.25, 0.3) is 0 Å². The first-order valence-corrected chi connectivity index (χ1v) is 2.78. The molecule has 0 saturated carbocycles. The number of furan rings is 1. The maximum Gasteiger partial charge on any atom is 0.202 e. The van der Waals surface area contributed by atoms with Gasteiger partial charge in [0, 0.05) is 5.56 Å². The molecule has 0 fully saturated rings. The SMILES string of the molecule is C1=NCc2ccoc2N1. The van der Waals surface area contributed by atoms with Crippen LogP contribution in [0.5, 0.6) is 0 Å². The number of nitrogens with zero attached hydrogens (tertiary/aromatic N) is 1. The van der Waals surface area contributed by atoms with E-state index in [0.717, 1.165) is 18.0 Å². The zero-order chi connectivity index (χ0) is 6.10. The summed E-state index contributed by atoms with van der Waals surface area (Å²) < 4.78 is 5.05. The van der Waals surface area contributed by atoms with Crippen molar-refractivity contribution in [2.75, 3.05) is 5.32 Å². The molecule has 9 heavy (non-hydrogen) atoms. The fourth-order valence-corrected chi connectivity index (χ4v) is 0.835. The van der Waals surface area contributed by atoms with Gasteiger partial charge in [-0.2, -0.15) is 0 Å². The number of fused-ring (bicyclic) bond motifs is 1. The smallest absolute Gasteiger partial charge is 0.202 e. The number of aliphatic imine (C=N–C) groups is 1. The highest BCUT2D eigenvalue weighted by Gasteiger charge is 2.05. The molecule has 3 nitrogen and oxygen atoms in total. The van der Waals surface area contributed by atoms with Crippen molar-refractivity contribution in [2.24, 2.45) is 4.99 Å². The van der Waals surface area contributed by atoms with Gasteiger partial charge in [0.2, 0.25) is 5.88 Å². The molecular weight excluding hydrogens is 116 g/mol. The van der Waals surface area contributed by atoms with Crippen molar-refractivity contribution in [3.8, 4) is 0 Å². The number of nitrogens with one attached hydrogen (secondary N) is 1. The van der Waals surface area contributed by atoms with Crippen LogP contribution in [0.15, 0.2) is 21.7 Å². The highest BCUT2D eigenvalue weighted by atomic mass is 16.3. The van der Waals surface area contributed by atoms with E-state index >= 15 is 0 Å². The van der Waals surface area contributed by atoms with Gasteiger partial charge in [0.1, 0.15) is 0 Å². The summed E-state index contributed by atoms with van der Waals surface area (Å²) in [6.07, 6.45) is 3.30. The quantitative estimate of drug-likeness (QED) is 0.562. The molecule has 0 aromatic carbocycles. The first-order chi connectivity index (χ1) is 4.47.